The molecule has 4 N–H and O–H groups in total. The van der Waals surface area contributed by atoms with Crippen LogP contribution in [0.5, 0.6) is 0 Å². The van der Waals surface area contributed by atoms with Crippen molar-refractivity contribution in [1.82, 2.24) is 9.97 Å². The SMILES string of the molecule is NC(=O)c1cnc(Nc2ccc3c(c2)CC(=O)C3)nc1NC1CCC1. The fraction of sp³-hybridized carbons (Fsp3) is 0.333. The zero-order valence-electron chi connectivity index (χ0n) is 13.7. The number of ketones is 1. The van der Waals surface area contributed by atoms with Crippen molar-refractivity contribution in [2.24, 2.45) is 5.73 Å². The highest BCUT2D eigenvalue weighted by Crippen LogP contribution is 2.27. The number of rotatable bonds is 5. The van der Waals surface area contributed by atoms with E-state index in [1.807, 2.05) is 18.2 Å². The molecule has 128 valence electrons. The number of Topliss-reactive ketones (excluding diaryl/α,β-unsaturated/α-hetero) is 1. The first-order valence-corrected chi connectivity index (χ1v) is 8.42. The van der Waals surface area contributed by atoms with E-state index in [0.717, 1.165) is 29.7 Å². The third kappa shape index (κ3) is 3.17. The second-order valence-electron chi connectivity index (χ2n) is 6.59. The summed E-state index contributed by atoms with van der Waals surface area (Å²) in [4.78, 5) is 31.7. The molecular weight excluding hydrogens is 318 g/mol. The molecule has 1 amide bonds. The Bertz CT molecular complexity index is 861. The van der Waals surface area contributed by atoms with Crippen molar-refractivity contribution in [3.05, 3.63) is 41.1 Å². The number of hydrogen-bond donors (Lipinski definition) is 3. The summed E-state index contributed by atoms with van der Waals surface area (Å²) in [7, 11) is 0. The molecule has 2 aromatic rings. The Kier molecular flexibility index (Phi) is 3.83. The van der Waals surface area contributed by atoms with E-state index < -0.39 is 5.91 Å². The summed E-state index contributed by atoms with van der Waals surface area (Å²) in [6, 6.07) is 6.13. The Morgan fingerprint density at radius 1 is 1.20 bits per heavy atom. The van der Waals surface area contributed by atoms with E-state index in [2.05, 4.69) is 20.6 Å². The largest absolute Gasteiger partial charge is 0.367 e. The van der Waals surface area contributed by atoms with Crippen LogP contribution in [0, 0.1) is 0 Å². The van der Waals surface area contributed by atoms with Gasteiger partial charge in [0.05, 0.1) is 5.56 Å². The van der Waals surface area contributed by atoms with Crippen molar-refractivity contribution in [2.75, 3.05) is 10.6 Å². The molecule has 7 heteroatoms. The molecule has 2 aliphatic rings. The first kappa shape index (κ1) is 15.6. The smallest absolute Gasteiger partial charge is 0.254 e. The highest BCUT2D eigenvalue weighted by molar-refractivity contribution is 5.97. The zero-order chi connectivity index (χ0) is 17.4. The first-order valence-electron chi connectivity index (χ1n) is 8.42. The van der Waals surface area contributed by atoms with E-state index in [9.17, 15) is 9.59 Å². The van der Waals surface area contributed by atoms with Crippen LogP contribution in [0.3, 0.4) is 0 Å². The lowest BCUT2D eigenvalue weighted by atomic mass is 9.93. The quantitative estimate of drug-likeness (QED) is 0.769. The van der Waals surface area contributed by atoms with Crippen LogP contribution in [0.15, 0.2) is 24.4 Å². The number of aromatic nitrogens is 2. The van der Waals surface area contributed by atoms with Crippen molar-refractivity contribution < 1.29 is 9.59 Å². The third-order valence-corrected chi connectivity index (χ3v) is 4.74. The van der Waals surface area contributed by atoms with Gasteiger partial charge in [-0.25, -0.2) is 4.98 Å². The van der Waals surface area contributed by atoms with Crippen LogP contribution in [0.2, 0.25) is 0 Å². The van der Waals surface area contributed by atoms with Gasteiger partial charge in [0.1, 0.15) is 11.6 Å². The number of amides is 1. The van der Waals surface area contributed by atoms with E-state index in [1.54, 1.807) is 0 Å². The molecule has 0 saturated heterocycles. The van der Waals surface area contributed by atoms with Crippen molar-refractivity contribution in [1.29, 1.82) is 0 Å². The van der Waals surface area contributed by atoms with Gasteiger partial charge < -0.3 is 16.4 Å². The predicted molar refractivity (Wildman–Crippen MR) is 94.0 cm³/mol. The molecule has 2 aliphatic carbocycles. The highest BCUT2D eigenvalue weighted by Gasteiger charge is 2.21. The average Bonchev–Trinajstić information content (AvgIpc) is 2.90. The van der Waals surface area contributed by atoms with Crippen molar-refractivity contribution in [3.8, 4) is 0 Å². The maximum Gasteiger partial charge on any atom is 0.254 e. The molecule has 0 aliphatic heterocycles. The van der Waals surface area contributed by atoms with Crippen LogP contribution >= 0.6 is 0 Å². The van der Waals surface area contributed by atoms with Gasteiger partial charge >= 0.3 is 0 Å². The minimum Gasteiger partial charge on any atom is -0.367 e. The first-order chi connectivity index (χ1) is 12.1. The van der Waals surface area contributed by atoms with Crippen LogP contribution in [-0.2, 0) is 17.6 Å². The van der Waals surface area contributed by atoms with Gasteiger partial charge in [0, 0.05) is 30.8 Å². The second kappa shape index (κ2) is 6.16. The van der Waals surface area contributed by atoms with E-state index in [4.69, 9.17) is 5.73 Å². The molecule has 1 aromatic carbocycles. The average molecular weight is 337 g/mol. The van der Waals surface area contributed by atoms with Gasteiger partial charge in [-0.3, -0.25) is 9.59 Å². The van der Waals surface area contributed by atoms with E-state index in [0.29, 0.717) is 30.6 Å². The lowest BCUT2D eigenvalue weighted by Gasteiger charge is -2.27. The molecule has 0 radical (unpaired) electrons. The number of carbonyl (C=O) groups is 2. The lowest BCUT2D eigenvalue weighted by Crippen LogP contribution is -2.29. The summed E-state index contributed by atoms with van der Waals surface area (Å²) in [5.74, 6) is 0.535. The van der Waals surface area contributed by atoms with Crippen LogP contribution in [0.4, 0.5) is 17.5 Å². The fourth-order valence-electron chi connectivity index (χ4n) is 3.14. The number of nitrogens with two attached hydrogens (primary N) is 1. The fourth-order valence-corrected chi connectivity index (χ4v) is 3.14. The van der Waals surface area contributed by atoms with E-state index >= 15 is 0 Å². The molecule has 0 bridgehead atoms. The van der Waals surface area contributed by atoms with Gasteiger partial charge in [0.2, 0.25) is 5.95 Å². The summed E-state index contributed by atoms with van der Waals surface area (Å²) in [6.45, 7) is 0. The number of benzene rings is 1. The van der Waals surface area contributed by atoms with Gasteiger partial charge in [0.25, 0.3) is 5.91 Å². The standard InChI is InChI=1S/C18H19N5O2/c19-16(25)15-9-20-18(23-17(15)21-12-2-1-3-12)22-13-5-4-10-7-14(24)8-11(10)6-13/h4-6,9,12H,1-3,7-8H2,(H2,19,25)(H2,20,21,22,23). The minimum atomic E-state index is -0.551. The Morgan fingerprint density at radius 2 is 2.00 bits per heavy atom. The predicted octanol–water partition coefficient (Wildman–Crippen LogP) is 1.95. The molecule has 1 heterocycles. The second-order valence-corrected chi connectivity index (χ2v) is 6.59. The summed E-state index contributed by atoms with van der Waals surface area (Å²) in [5, 5.41) is 6.40. The number of nitrogens with zero attached hydrogens (tertiary/aromatic N) is 2. The minimum absolute atomic E-state index is 0.237. The molecule has 1 saturated carbocycles. The molecule has 25 heavy (non-hydrogen) atoms. The number of fused-ring (bicyclic) bond motifs is 1. The normalized spacial score (nSPS) is 16.2. The monoisotopic (exact) mass is 337 g/mol. The van der Waals surface area contributed by atoms with Crippen LogP contribution in [0.1, 0.15) is 40.7 Å². The van der Waals surface area contributed by atoms with Crippen LogP contribution in [0.25, 0.3) is 0 Å². The van der Waals surface area contributed by atoms with Crippen molar-refractivity contribution in [2.45, 2.75) is 38.1 Å². The molecule has 0 spiro atoms. The molecule has 0 unspecified atom stereocenters. The number of anilines is 3. The molecule has 7 nitrogen and oxygen atoms in total. The molecular formula is C18H19N5O2. The van der Waals surface area contributed by atoms with Gasteiger partial charge in [-0.05, 0) is 42.5 Å². The maximum atomic E-state index is 11.6. The number of primary amides is 1. The number of nitrogens with one attached hydrogen (secondary N) is 2. The highest BCUT2D eigenvalue weighted by atomic mass is 16.1. The Hall–Kier alpha value is -2.96. The van der Waals surface area contributed by atoms with Gasteiger partial charge in [-0.15, -0.1) is 0 Å². The van der Waals surface area contributed by atoms with E-state index in [1.165, 1.54) is 12.6 Å². The number of carbonyl (C=O) groups excluding carboxylic acids is 2. The summed E-state index contributed by atoms with van der Waals surface area (Å²) < 4.78 is 0. The lowest BCUT2D eigenvalue weighted by molar-refractivity contribution is -0.117. The van der Waals surface area contributed by atoms with Crippen molar-refractivity contribution in [3.63, 3.8) is 0 Å². The van der Waals surface area contributed by atoms with Gasteiger partial charge in [-0.1, -0.05) is 6.07 Å². The topological polar surface area (TPSA) is 110 Å². The Balaban J connectivity index is 1.58. The molecule has 1 aromatic heterocycles. The molecule has 1 fully saturated rings. The number of hydrogen-bond acceptors (Lipinski definition) is 6. The summed E-state index contributed by atoms with van der Waals surface area (Å²) in [5.41, 5.74) is 8.63. The van der Waals surface area contributed by atoms with Gasteiger partial charge in [0.15, 0.2) is 0 Å². The van der Waals surface area contributed by atoms with Crippen LogP contribution < -0.4 is 16.4 Å². The summed E-state index contributed by atoms with van der Waals surface area (Å²) >= 11 is 0. The van der Waals surface area contributed by atoms with Crippen LogP contribution in [-0.4, -0.2) is 27.7 Å². The Labute approximate surface area is 145 Å². The van der Waals surface area contributed by atoms with E-state index in [-0.39, 0.29) is 11.3 Å². The van der Waals surface area contributed by atoms with Crippen molar-refractivity contribution >= 4 is 29.1 Å². The molecule has 0 atom stereocenters. The van der Waals surface area contributed by atoms with Gasteiger partial charge in [-0.2, -0.15) is 4.98 Å². The zero-order valence-corrected chi connectivity index (χ0v) is 13.7. The maximum absolute atomic E-state index is 11.6. The summed E-state index contributed by atoms with van der Waals surface area (Å²) in [6.07, 6.45) is 5.71. The third-order valence-electron chi connectivity index (χ3n) is 4.74. The molecule has 4 rings (SSSR count). The Morgan fingerprint density at radius 3 is 2.72 bits per heavy atom.